The molecular weight excluding hydrogens is 363 g/mol. The number of β-amino-alcohol motifs (C(OH)–C–C–N with tert-alkyl or cyclic N) is 1. The van der Waals surface area contributed by atoms with Crippen molar-refractivity contribution in [2.24, 2.45) is 0 Å². The maximum absolute atomic E-state index is 13.6. The first kappa shape index (κ1) is 19.0. The molecule has 2 aromatic carbocycles. The number of para-hydroxylation sites is 1. The highest BCUT2D eigenvalue weighted by Crippen LogP contribution is 2.32. The van der Waals surface area contributed by atoms with E-state index in [1.807, 2.05) is 12.1 Å². The number of rotatable bonds is 7. The molecule has 1 saturated heterocycles. The molecule has 28 heavy (non-hydrogen) atoms. The predicted molar refractivity (Wildman–Crippen MR) is 102 cm³/mol. The van der Waals surface area contributed by atoms with E-state index in [1.165, 1.54) is 11.6 Å². The van der Waals surface area contributed by atoms with Gasteiger partial charge in [0.15, 0.2) is 23.1 Å². The third-order valence-corrected chi connectivity index (χ3v) is 5.04. The molecule has 1 fully saturated rings. The quantitative estimate of drug-likeness (QED) is 0.784. The van der Waals surface area contributed by atoms with Crippen LogP contribution >= 0.6 is 0 Å². The average Bonchev–Trinajstić information content (AvgIpc) is 3.17. The summed E-state index contributed by atoms with van der Waals surface area (Å²) in [6.45, 7) is 5.36. The molecular formula is C21H25FN2O4. The van der Waals surface area contributed by atoms with Crippen molar-refractivity contribution in [3.8, 4) is 17.2 Å². The summed E-state index contributed by atoms with van der Waals surface area (Å²) < 4.78 is 29.7. The lowest BCUT2D eigenvalue weighted by Gasteiger charge is -2.35. The van der Waals surface area contributed by atoms with Gasteiger partial charge in [-0.15, -0.1) is 0 Å². The lowest BCUT2D eigenvalue weighted by molar-refractivity contribution is 0.0437. The zero-order valence-corrected chi connectivity index (χ0v) is 15.7. The Morgan fingerprint density at radius 2 is 1.75 bits per heavy atom. The van der Waals surface area contributed by atoms with E-state index in [4.69, 9.17) is 14.2 Å². The highest BCUT2D eigenvalue weighted by atomic mass is 19.1. The van der Waals surface area contributed by atoms with E-state index < -0.39 is 11.9 Å². The van der Waals surface area contributed by atoms with Gasteiger partial charge in [0.05, 0.1) is 0 Å². The standard InChI is InChI=1S/C21H25FN2O4/c22-18-3-1-2-4-19(18)26-14-17(25)13-24-9-7-23(8-10-24)12-16-5-6-20-21(11-16)28-15-27-20/h1-6,11,17,25H,7-10,12-15H2/t17-/m1/s1. The molecule has 2 heterocycles. The normalized spacial score (nSPS) is 18.2. The van der Waals surface area contributed by atoms with Crippen LogP contribution in [0, 0.1) is 5.82 Å². The Hall–Kier alpha value is -2.35. The fourth-order valence-corrected chi connectivity index (χ4v) is 3.53. The van der Waals surface area contributed by atoms with Gasteiger partial charge in [-0.3, -0.25) is 9.80 Å². The molecule has 0 saturated carbocycles. The van der Waals surface area contributed by atoms with Crippen molar-refractivity contribution in [1.82, 2.24) is 9.80 Å². The van der Waals surface area contributed by atoms with Gasteiger partial charge in [-0.25, -0.2) is 4.39 Å². The molecule has 1 N–H and O–H groups in total. The smallest absolute Gasteiger partial charge is 0.231 e. The fourth-order valence-electron chi connectivity index (χ4n) is 3.53. The van der Waals surface area contributed by atoms with E-state index in [9.17, 15) is 9.50 Å². The van der Waals surface area contributed by atoms with Crippen LogP contribution in [0.4, 0.5) is 4.39 Å². The lowest BCUT2D eigenvalue weighted by Crippen LogP contribution is -2.48. The van der Waals surface area contributed by atoms with Crippen LogP contribution in [-0.2, 0) is 6.54 Å². The zero-order chi connectivity index (χ0) is 19.3. The number of hydrogen-bond donors (Lipinski definition) is 1. The Balaban J connectivity index is 1.19. The highest BCUT2D eigenvalue weighted by Gasteiger charge is 2.21. The van der Waals surface area contributed by atoms with E-state index in [2.05, 4.69) is 15.9 Å². The molecule has 0 amide bonds. The van der Waals surface area contributed by atoms with Crippen LogP contribution in [0.15, 0.2) is 42.5 Å². The number of ether oxygens (including phenoxy) is 3. The van der Waals surface area contributed by atoms with E-state index in [0.29, 0.717) is 13.3 Å². The zero-order valence-electron chi connectivity index (χ0n) is 15.7. The number of aliphatic hydroxyl groups excluding tert-OH is 1. The van der Waals surface area contributed by atoms with Crippen LogP contribution in [0.25, 0.3) is 0 Å². The van der Waals surface area contributed by atoms with Crippen molar-refractivity contribution in [3.63, 3.8) is 0 Å². The minimum Gasteiger partial charge on any atom is -0.488 e. The lowest BCUT2D eigenvalue weighted by atomic mass is 10.1. The molecule has 2 aliphatic rings. The fraction of sp³-hybridized carbons (Fsp3) is 0.429. The summed E-state index contributed by atoms with van der Waals surface area (Å²) >= 11 is 0. The molecule has 2 aromatic rings. The monoisotopic (exact) mass is 388 g/mol. The summed E-state index contributed by atoms with van der Waals surface area (Å²) in [6, 6.07) is 12.3. The summed E-state index contributed by atoms with van der Waals surface area (Å²) in [7, 11) is 0. The molecule has 4 rings (SSSR count). The molecule has 6 nitrogen and oxygen atoms in total. The second-order valence-corrected chi connectivity index (χ2v) is 7.16. The van der Waals surface area contributed by atoms with Crippen molar-refractivity contribution in [2.75, 3.05) is 46.1 Å². The first-order valence-electron chi connectivity index (χ1n) is 9.56. The van der Waals surface area contributed by atoms with Gasteiger partial charge in [0.25, 0.3) is 0 Å². The Bertz CT molecular complexity index is 796. The van der Waals surface area contributed by atoms with Gasteiger partial charge in [-0.05, 0) is 29.8 Å². The SMILES string of the molecule is O[C@@H](COc1ccccc1F)CN1CCN(Cc2ccc3c(c2)OCO3)CC1. The van der Waals surface area contributed by atoms with Crippen LogP contribution < -0.4 is 14.2 Å². The number of fused-ring (bicyclic) bond motifs is 1. The third kappa shape index (κ3) is 4.73. The number of nitrogens with zero attached hydrogens (tertiary/aromatic N) is 2. The van der Waals surface area contributed by atoms with Gasteiger partial charge < -0.3 is 19.3 Å². The molecule has 1 atom stereocenters. The van der Waals surface area contributed by atoms with Gasteiger partial charge in [0.2, 0.25) is 6.79 Å². The van der Waals surface area contributed by atoms with Crippen LogP contribution in [-0.4, -0.2) is 67.1 Å². The summed E-state index contributed by atoms with van der Waals surface area (Å²) in [4.78, 5) is 4.60. The molecule has 0 bridgehead atoms. The molecule has 7 heteroatoms. The molecule has 150 valence electrons. The van der Waals surface area contributed by atoms with Crippen molar-refractivity contribution in [1.29, 1.82) is 0 Å². The Morgan fingerprint density at radius 3 is 2.57 bits per heavy atom. The Morgan fingerprint density at radius 1 is 1.00 bits per heavy atom. The molecule has 0 radical (unpaired) electrons. The number of hydrogen-bond acceptors (Lipinski definition) is 6. The molecule has 0 aliphatic carbocycles. The van der Waals surface area contributed by atoms with Crippen molar-refractivity contribution < 1.29 is 23.7 Å². The molecule has 0 aromatic heterocycles. The first-order chi connectivity index (χ1) is 13.7. The van der Waals surface area contributed by atoms with Crippen LogP contribution in [0.2, 0.25) is 0 Å². The topological polar surface area (TPSA) is 54.4 Å². The average molecular weight is 388 g/mol. The minimum absolute atomic E-state index is 0.0817. The van der Waals surface area contributed by atoms with Gasteiger partial charge >= 0.3 is 0 Å². The number of halogens is 1. The Labute approximate surface area is 164 Å². The first-order valence-corrected chi connectivity index (χ1v) is 9.56. The molecule has 2 aliphatic heterocycles. The van der Waals surface area contributed by atoms with Crippen LogP contribution in [0.1, 0.15) is 5.56 Å². The van der Waals surface area contributed by atoms with Crippen LogP contribution in [0.3, 0.4) is 0 Å². The van der Waals surface area contributed by atoms with Gasteiger partial charge in [0.1, 0.15) is 12.7 Å². The van der Waals surface area contributed by atoms with E-state index in [1.54, 1.807) is 18.2 Å². The van der Waals surface area contributed by atoms with Crippen molar-refractivity contribution in [2.45, 2.75) is 12.6 Å². The van der Waals surface area contributed by atoms with Crippen LogP contribution in [0.5, 0.6) is 17.2 Å². The second-order valence-electron chi connectivity index (χ2n) is 7.16. The maximum Gasteiger partial charge on any atom is 0.231 e. The van der Waals surface area contributed by atoms with E-state index in [-0.39, 0.29) is 12.4 Å². The van der Waals surface area contributed by atoms with Crippen molar-refractivity contribution in [3.05, 3.63) is 53.8 Å². The Kier molecular flexibility index (Phi) is 5.95. The van der Waals surface area contributed by atoms with Gasteiger partial charge in [0, 0.05) is 39.3 Å². The minimum atomic E-state index is -0.653. The predicted octanol–water partition coefficient (Wildman–Crippen LogP) is 2.11. The molecule has 0 spiro atoms. The second kappa shape index (κ2) is 8.77. The summed E-state index contributed by atoms with van der Waals surface area (Å²) in [5, 5.41) is 10.2. The third-order valence-electron chi connectivity index (χ3n) is 5.04. The van der Waals surface area contributed by atoms with E-state index >= 15 is 0 Å². The number of benzene rings is 2. The number of aliphatic hydroxyl groups is 1. The maximum atomic E-state index is 13.6. The summed E-state index contributed by atoms with van der Waals surface area (Å²) in [5.41, 5.74) is 1.20. The highest BCUT2D eigenvalue weighted by molar-refractivity contribution is 5.44. The molecule has 0 unspecified atom stereocenters. The number of piperazine rings is 1. The van der Waals surface area contributed by atoms with E-state index in [0.717, 1.165) is 44.2 Å². The summed E-state index contributed by atoms with van der Waals surface area (Å²) in [6.07, 6.45) is -0.653. The summed E-state index contributed by atoms with van der Waals surface area (Å²) in [5.74, 6) is 1.39. The van der Waals surface area contributed by atoms with Gasteiger partial charge in [-0.2, -0.15) is 0 Å². The van der Waals surface area contributed by atoms with Gasteiger partial charge in [-0.1, -0.05) is 18.2 Å². The van der Waals surface area contributed by atoms with Crippen molar-refractivity contribution >= 4 is 0 Å². The largest absolute Gasteiger partial charge is 0.488 e.